The second kappa shape index (κ2) is 3.80. The summed E-state index contributed by atoms with van der Waals surface area (Å²) in [6, 6.07) is 0. The van der Waals surface area contributed by atoms with Gasteiger partial charge in [-0.3, -0.25) is 4.79 Å². The number of hydrogen-bond acceptors (Lipinski definition) is 5. The minimum absolute atomic E-state index is 0.0181. The molecule has 82 valence electrons. The SMILES string of the molecule is CC(C)(C)c1nc(N)nc(CC(N)=O)n1. The van der Waals surface area contributed by atoms with Crippen LogP contribution in [-0.2, 0) is 16.6 Å². The average molecular weight is 209 g/mol. The lowest BCUT2D eigenvalue weighted by Crippen LogP contribution is -2.22. The number of aromatic nitrogens is 3. The van der Waals surface area contributed by atoms with E-state index in [2.05, 4.69) is 15.0 Å². The van der Waals surface area contributed by atoms with E-state index in [0.717, 1.165) is 0 Å². The molecule has 6 nitrogen and oxygen atoms in total. The zero-order chi connectivity index (χ0) is 11.6. The fraction of sp³-hybridized carbons (Fsp3) is 0.556. The predicted octanol–water partition coefficient (Wildman–Crippen LogP) is -0.221. The molecule has 0 bridgehead atoms. The van der Waals surface area contributed by atoms with Gasteiger partial charge in [0.1, 0.15) is 11.6 Å². The average Bonchev–Trinajstić information content (AvgIpc) is 1.99. The van der Waals surface area contributed by atoms with Crippen LogP contribution in [0.4, 0.5) is 5.95 Å². The predicted molar refractivity (Wildman–Crippen MR) is 55.8 cm³/mol. The Balaban J connectivity index is 3.11. The number of hydrogen-bond donors (Lipinski definition) is 2. The van der Waals surface area contributed by atoms with Crippen molar-refractivity contribution >= 4 is 11.9 Å². The molecule has 0 saturated carbocycles. The first-order valence-electron chi connectivity index (χ1n) is 4.58. The smallest absolute Gasteiger partial charge is 0.225 e. The first-order valence-corrected chi connectivity index (χ1v) is 4.58. The Bertz CT molecular complexity index is 383. The third kappa shape index (κ3) is 3.16. The van der Waals surface area contributed by atoms with E-state index in [0.29, 0.717) is 11.6 Å². The topological polar surface area (TPSA) is 108 Å². The summed E-state index contributed by atoms with van der Waals surface area (Å²) in [6.45, 7) is 5.86. The van der Waals surface area contributed by atoms with Crippen molar-refractivity contribution in [1.29, 1.82) is 0 Å². The molecule has 0 aromatic carbocycles. The first-order chi connectivity index (χ1) is 6.79. The van der Waals surface area contributed by atoms with Crippen LogP contribution < -0.4 is 11.5 Å². The molecule has 0 fully saturated rings. The molecule has 1 heterocycles. The summed E-state index contributed by atoms with van der Waals surface area (Å²) in [5, 5.41) is 0. The number of rotatable bonds is 2. The Kier molecular flexibility index (Phi) is 2.88. The third-order valence-electron chi connectivity index (χ3n) is 1.70. The van der Waals surface area contributed by atoms with E-state index in [1.165, 1.54) is 0 Å². The van der Waals surface area contributed by atoms with Gasteiger partial charge in [-0.05, 0) is 0 Å². The summed E-state index contributed by atoms with van der Waals surface area (Å²) in [5.41, 5.74) is 10.3. The maximum absolute atomic E-state index is 10.7. The molecule has 0 spiro atoms. The van der Waals surface area contributed by atoms with Gasteiger partial charge in [0, 0.05) is 5.41 Å². The Hall–Kier alpha value is -1.72. The molecule has 15 heavy (non-hydrogen) atoms. The first kappa shape index (κ1) is 11.4. The van der Waals surface area contributed by atoms with Gasteiger partial charge >= 0.3 is 0 Å². The summed E-state index contributed by atoms with van der Waals surface area (Å²) in [4.78, 5) is 22.7. The lowest BCUT2D eigenvalue weighted by atomic mass is 9.96. The van der Waals surface area contributed by atoms with Crippen LogP contribution >= 0.6 is 0 Å². The van der Waals surface area contributed by atoms with Crippen molar-refractivity contribution in [3.8, 4) is 0 Å². The highest BCUT2D eigenvalue weighted by atomic mass is 16.1. The fourth-order valence-electron chi connectivity index (χ4n) is 1.01. The summed E-state index contributed by atoms with van der Waals surface area (Å²) in [5.74, 6) is 0.512. The fourth-order valence-corrected chi connectivity index (χ4v) is 1.01. The molecular formula is C9H15N5O. The molecule has 6 heteroatoms. The number of amides is 1. The van der Waals surface area contributed by atoms with Crippen LogP contribution in [0.3, 0.4) is 0 Å². The molecule has 1 aromatic rings. The van der Waals surface area contributed by atoms with Crippen LogP contribution in [0.2, 0.25) is 0 Å². The zero-order valence-electron chi connectivity index (χ0n) is 9.11. The standard InChI is InChI=1S/C9H15N5O/c1-9(2,3)7-12-6(4-5(10)15)13-8(11)14-7/h4H2,1-3H3,(H2,10,15)(H2,11,12,13,14). The largest absolute Gasteiger partial charge is 0.369 e. The van der Waals surface area contributed by atoms with Crippen LogP contribution in [0.25, 0.3) is 0 Å². The van der Waals surface area contributed by atoms with E-state index in [1.54, 1.807) is 0 Å². The highest BCUT2D eigenvalue weighted by Crippen LogP contribution is 2.18. The zero-order valence-corrected chi connectivity index (χ0v) is 9.11. The number of anilines is 1. The summed E-state index contributed by atoms with van der Waals surface area (Å²) < 4.78 is 0. The van der Waals surface area contributed by atoms with E-state index in [1.807, 2.05) is 20.8 Å². The normalized spacial score (nSPS) is 11.4. The molecule has 0 atom stereocenters. The Morgan fingerprint density at radius 3 is 2.33 bits per heavy atom. The maximum Gasteiger partial charge on any atom is 0.225 e. The number of nitrogens with zero attached hydrogens (tertiary/aromatic N) is 3. The van der Waals surface area contributed by atoms with E-state index >= 15 is 0 Å². The van der Waals surface area contributed by atoms with Crippen LogP contribution in [0.1, 0.15) is 32.4 Å². The number of carbonyl (C=O) groups excluding carboxylic acids is 1. The van der Waals surface area contributed by atoms with Crippen molar-refractivity contribution in [2.75, 3.05) is 5.73 Å². The van der Waals surface area contributed by atoms with Crippen molar-refractivity contribution in [2.45, 2.75) is 32.6 Å². The number of carbonyl (C=O) groups is 1. The van der Waals surface area contributed by atoms with Gasteiger partial charge in [-0.2, -0.15) is 9.97 Å². The number of nitrogen functional groups attached to an aromatic ring is 1. The Morgan fingerprint density at radius 2 is 1.87 bits per heavy atom. The minimum Gasteiger partial charge on any atom is -0.369 e. The van der Waals surface area contributed by atoms with Gasteiger partial charge in [0.05, 0.1) is 6.42 Å². The number of nitrogens with two attached hydrogens (primary N) is 2. The molecule has 0 aliphatic rings. The van der Waals surface area contributed by atoms with Gasteiger partial charge < -0.3 is 11.5 Å². The van der Waals surface area contributed by atoms with Gasteiger partial charge in [0.25, 0.3) is 0 Å². The molecule has 1 aromatic heterocycles. The van der Waals surface area contributed by atoms with E-state index < -0.39 is 5.91 Å². The molecular weight excluding hydrogens is 194 g/mol. The minimum atomic E-state index is -0.486. The van der Waals surface area contributed by atoms with Gasteiger partial charge in [0.15, 0.2) is 0 Å². The third-order valence-corrected chi connectivity index (χ3v) is 1.70. The van der Waals surface area contributed by atoms with Crippen LogP contribution in [0, 0.1) is 0 Å². The van der Waals surface area contributed by atoms with Crippen LogP contribution in [0.15, 0.2) is 0 Å². The number of primary amides is 1. The molecule has 0 aliphatic carbocycles. The van der Waals surface area contributed by atoms with E-state index in [4.69, 9.17) is 11.5 Å². The highest BCUT2D eigenvalue weighted by molar-refractivity contribution is 5.75. The Morgan fingerprint density at radius 1 is 1.27 bits per heavy atom. The molecule has 1 amide bonds. The van der Waals surface area contributed by atoms with E-state index in [-0.39, 0.29) is 17.8 Å². The molecule has 1 rings (SSSR count). The van der Waals surface area contributed by atoms with Crippen molar-refractivity contribution in [3.05, 3.63) is 11.6 Å². The van der Waals surface area contributed by atoms with Gasteiger partial charge in [-0.25, -0.2) is 4.98 Å². The van der Waals surface area contributed by atoms with Gasteiger partial charge in [-0.1, -0.05) is 20.8 Å². The van der Waals surface area contributed by atoms with Gasteiger partial charge in [-0.15, -0.1) is 0 Å². The monoisotopic (exact) mass is 209 g/mol. The molecule has 0 radical (unpaired) electrons. The van der Waals surface area contributed by atoms with Crippen LogP contribution in [0.5, 0.6) is 0 Å². The molecule has 0 aliphatic heterocycles. The van der Waals surface area contributed by atoms with Crippen molar-refractivity contribution in [1.82, 2.24) is 15.0 Å². The van der Waals surface area contributed by atoms with Crippen molar-refractivity contribution in [3.63, 3.8) is 0 Å². The quantitative estimate of drug-likeness (QED) is 0.700. The summed E-state index contributed by atoms with van der Waals surface area (Å²) in [7, 11) is 0. The second-order valence-electron chi connectivity index (χ2n) is 4.33. The summed E-state index contributed by atoms with van der Waals surface area (Å²) >= 11 is 0. The molecule has 0 unspecified atom stereocenters. The van der Waals surface area contributed by atoms with Crippen molar-refractivity contribution < 1.29 is 4.79 Å². The van der Waals surface area contributed by atoms with Crippen molar-refractivity contribution in [2.24, 2.45) is 5.73 Å². The van der Waals surface area contributed by atoms with Crippen LogP contribution in [-0.4, -0.2) is 20.9 Å². The second-order valence-corrected chi connectivity index (χ2v) is 4.33. The summed E-state index contributed by atoms with van der Waals surface area (Å²) in [6.07, 6.45) is -0.0181. The molecule has 0 saturated heterocycles. The lowest BCUT2D eigenvalue weighted by molar-refractivity contribution is -0.117. The molecule has 4 N–H and O–H groups in total. The maximum atomic E-state index is 10.7. The highest BCUT2D eigenvalue weighted by Gasteiger charge is 2.19. The van der Waals surface area contributed by atoms with Gasteiger partial charge in [0.2, 0.25) is 11.9 Å². The Labute approximate surface area is 88.1 Å². The lowest BCUT2D eigenvalue weighted by Gasteiger charge is -2.16. The van der Waals surface area contributed by atoms with E-state index in [9.17, 15) is 4.79 Å².